The maximum atomic E-state index is 13.4. The number of aliphatic hydroxyl groups excluding tert-OH is 2. The number of anilines is 1. The largest absolute Gasteiger partial charge is 0.507 e. The predicted octanol–water partition coefficient (Wildman–Crippen LogP) is 4.31. The summed E-state index contributed by atoms with van der Waals surface area (Å²) in [6.45, 7) is 0. The Morgan fingerprint density at radius 3 is 1.33 bits per heavy atom. The van der Waals surface area contributed by atoms with Gasteiger partial charge in [-0.05, 0) is 17.7 Å². The Morgan fingerprint density at radius 1 is 0.556 bits per heavy atom. The number of carbonyl (C=O) groups is 4. The first-order chi connectivity index (χ1) is 17.2. The van der Waals surface area contributed by atoms with Crippen molar-refractivity contribution in [2.24, 2.45) is 0 Å². The fourth-order valence-electron chi connectivity index (χ4n) is 4.75. The monoisotopic (exact) mass is 479 g/mol. The van der Waals surface area contributed by atoms with Gasteiger partial charge in [0.05, 0.1) is 11.1 Å². The molecule has 0 unspecified atom stereocenters. The average molecular weight is 479 g/mol. The molecule has 0 saturated carbocycles. The number of ketones is 4. The Labute approximate surface area is 206 Å². The molecule has 7 heteroatoms. The van der Waals surface area contributed by atoms with Crippen LogP contribution >= 0.6 is 0 Å². The lowest BCUT2D eigenvalue weighted by Gasteiger charge is -2.29. The molecule has 0 aromatic heterocycles. The Hall–Kier alpha value is -4.78. The molecule has 36 heavy (non-hydrogen) atoms. The smallest absolute Gasteiger partial charge is 0.234 e. The summed E-state index contributed by atoms with van der Waals surface area (Å²) in [4.78, 5) is 54.7. The van der Waals surface area contributed by atoms with Gasteiger partial charge in [-0.2, -0.15) is 0 Å². The third-order valence-corrected chi connectivity index (χ3v) is 6.59. The molecule has 5 rings (SSSR count). The molecule has 3 aromatic rings. The first-order valence-electron chi connectivity index (χ1n) is 11.2. The van der Waals surface area contributed by atoms with Crippen LogP contribution in [0.1, 0.15) is 43.3 Å². The van der Waals surface area contributed by atoms with E-state index in [2.05, 4.69) is 0 Å². The molecular weight excluding hydrogens is 458 g/mol. The zero-order valence-electron chi connectivity index (χ0n) is 19.5. The van der Waals surface area contributed by atoms with E-state index in [9.17, 15) is 29.4 Å². The highest BCUT2D eigenvalue weighted by Gasteiger charge is 2.44. The molecule has 0 atom stereocenters. The van der Waals surface area contributed by atoms with Gasteiger partial charge < -0.3 is 15.1 Å². The number of carbonyl (C=O) groups excluding carboxylic acids is 4. The van der Waals surface area contributed by atoms with Gasteiger partial charge in [-0.3, -0.25) is 19.2 Å². The quantitative estimate of drug-likeness (QED) is 0.537. The summed E-state index contributed by atoms with van der Waals surface area (Å²) < 4.78 is 0. The molecule has 0 radical (unpaired) electrons. The SMILES string of the molecule is CN(C)c1ccc(C(C2=C(O)c3ccccc3C(=O)C2=O)C2=C(O)c3ccccc3C(=O)C2=O)cc1. The van der Waals surface area contributed by atoms with Gasteiger partial charge in [0.2, 0.25) is 23.1 Å². The van der Waals surface area contributed by atoms with Crippen LogP contribution in [0.25, 0.3) is 11.5 Å². The van der Waals surface area contributed by atoms with Crippen molar-refractivity contribution < 1.29 is 29.4 Å². The van der Waals surface area contributed by atoms with Crippen LogP contribution in [0.3, 0.4) is 0 Å². The van der Waals surface area contributed by atoms with Gasteiger partial charge in [0.25, 0.3) is 0 Å². The second-order valence-corrected chi connectivity index (χ2v) is 8.85. The topological polar surface area (TPSA) is 112 Å². The summed E-state index contributed by atoms with van der Waals surface area (Å²) in [7, 11) is 3.69. The van der Waals surface area contributed by atoms with E-state index in [1.807, 2.05) is 19.0 Å². The van der Waals surface area contributed by atoms with E-state index in [-0.39, 0.29) is 33.4 Å². The van der Waals surface area contributed by atoms with Crippen molar-refractivity contribution in [2.75, 3.05) is 19.0 Å². The highest BCUT2D eigenvalue weighted by Crippen LogP contribution is 2.44. The van der Waals surface area contributed by atoms with Crippen molar-refractivity contribution in [2.45, 2.75) is 5.92 Å². The lowest BCUT2D eigenvalue weighted by molar-refractivity contribution is -0.112. The third-order valence-electron chi connectivity index (χ3n) is 6.59. The average Bonchev–Trinajstić information content (AvgIpc) is 2.90. The standard InChI is InChI=1S/C29H21NO6/c1-30(2)16-13-11-15(12-14-16)21(22-24(31)17-7-3-5-9-19(17)26(33)28(22)35)23-25(32)18-8-4-6-10-20(18)27(34)29(23)36/h3-14,21,31-32H,1-2H3. The normalized spacial score (nSPS) is 15.4. The highest BCUT2D eigenvalue weighted by molar-refractivity contribution is 6.55. The second kappa shape index (κ2) is 8.46. The molecule has 0 fully saturated rings. The third kappa shape index (κ3) is 3.36. The molecule has 2 N–H and O–H groups in total. The molecular formula is C29H21NO6. The minimum atomic E-state index is -1.36. The van der Waals surface area contributed by atoms with Gasteiger partial charge in [0, 0.05) is 48.0 Å². The summed E-state index contributed by atoms with van der Waals surface area (Å²) in [6, 6.07) is 19.0. The van der Waals surface area contributed by atoms with Crippen LogP contribution < -0.4 is 4.90 Å². The van der Waals surface area contributed by atoms with Crippen LogP contribution in [0.2, 0.25) is 0 Å². The van der Waals surface area contributed by atoms with E-state index in [0.29, 0.717) is 5.56 Å². The summed E-state index contributed by atoms with van der Waals surface area (Å²) in [5.41, 5.74) is 0.812. The fraction of sp³-hybridized carbons (Fsp3) is 0.103. The van der Waals surface area contributed by atoms with Crippen molar-refractivity contribution in [3.05, 3.63) is 112 Å². The molecule has 2 aliphatic carbocycles. The van der Waals surface area contributed by atoms with Crippen LogP contribution in [0.5, 0.6) is 0 Å². The number of Topliss-reactive ketones (excluding diaryl/α,β-unsaturated/α-hetero) is 4. The molecule has 2 aliphatic rings. The number of hydrogen-bond donors (Lipinski definition) is 2. The van der Waals surface area contributed by atoms with Gasteiger partial charge in [-0.1, -0.05) is 60.7 Å². The van der Waals surface area contributed by atoms with Gasteiger partial charge in [-0.15, -0.1) is 0 Å². The molecule has 178 valence electrons. The maximum absolute atomic E-state index is 13.4. The number of fused-ring (bicyclic) bond motifs is 2. The minimum absolute atomic E-state index is 0.0417. The zero-order chi connectivity index (χ0) is 25.7. The molecule has 0 heterocycles. The van der Waals surface area contributed by atoms with Crippen molar-refractivity contribution in [3.63, 3.8) is 0 Å². The molecule has 7 nitrogen and oxygen atoms in total. The van der Waals surface area contributed by atoms with Crippen molar-refractivity contribution >= 4 is 40.3 Å². The number of allylic oxidation sites excluding steroid dienone is 2. The number of benzene rings is 3. The first kappa shape index (κ1) is 23.0. The summed E-state index contributed by atoms with van der Waals surface area (Å²) in [5, 5.41) is 22.5. The van der Waals surface area contributed by atoms with E-state index >= 15 is 0 Å². The van der Waals surface area contributed by atoms with E-state index in [0.717, 1.165) is 5.69 Å². The highest BCUT2D eigenvalue weighted by atomic mass is 16.3. The van der Waals surface area contributed by atoms with Crippen molar-refractivity contribution in [1.29, 1.82) is 0 Å². The van der Waals surface area contributed by atoms with E-state index in [1.165, 1.54) is 24.3 Å². The lowest BCUT2D eigenvalue weighted by Crippen LogP contribution is -2.33. The van der Waals surface area contributed by atoms with E-state index in [4.69, 9.17) is 0 Å². The summed E-state index contributed by atoms with van der Waals surface area (Å²) in [5.74, 6) is -6.02. The predicted molar refractivity (Wildman–Crippen MR) is 134 cm³/mol. The molecule has 0 aliphatic heterocycles. The van der Waals surface area contributed by atoms with Crippen molar-refractivity contribution in [1.82, 2.24) is 0 Å². The fourth-order valence-corrected chi connectivity index (χ4v) is 4.75. The van der Waals surface area contributed by atoms with Crippen LogP contribution in [-0.2, 0) is 9.59 Å². The first-order valence-corrected chi connectivity index (χ1v) is 11.2. The van der Waals surface area contributed by atoms with Crippen LogP contribution in [0.15, 0.2) is 83.9 Å². The van der Waals surface area contributed by atoms with E-state index in [1.54, 1.807) is 48.5 Å². The van der Waals surface area contributed by atoms with Crippen LogP contribution in [0, 0.1) is 0 Å². The Kier molecular flexibility index (Phi) is 5.40. The summed E-state index contributed by atoms with van der Waals surface area (Å²) in [6.07, 6.45) is 0. The summed E-state index contributed by atoms with van der Waals surface area (Å²) >= 11 is 0. The lowest BCUT2D eigenvalue weighted by atomic mass is 9.72. The van der Waals surface area contributed by atoms with Gasteiger partial charge in [0.15, 0.2) is 0 Å². The number of rotatable bonds is 4. The Morgan fingerprint density at radius 2 is 0.944 bits per heavy atom. The van der Waals surface area contributed by atoms with Gasteiger partial charge >= 0.3 is 0 Å². The van der Waals surface area contributed by atoms with Crippen LogP contribution in [0.4, 0.5) is 5.69 Å². The minimum Gasteiger partial charge on any atom is -0.507 e. The molecule has 3 aromatic carbocycles. The van der Waals surface area contributed by atoms with Gasteiger partial charge in [-0.25, -0.2) is 0 Å². The van der Waals surface area contributed by atoms with Crippen LogP contribution in [-0.4, -0.2) is 47.4 Å². The number of nitrogens with zero attached hydrogens (tertiary/aromatic N) is 1. The maximum Gasteiger partial charge on any atom is 0.234 e. The Balaban J connectivity index is 1.83. The second-order valence-electron chi connectivity index (χ2n) is 8.85. The zero-order valence-corrected chi connectivity index (χ0v) is 19.5. The van der Waals surface area contributed by atoms with Gasteiger partial charge in [0.1, 0.15) is 11.5 Å². The number of aliphatic hydroxyl groups is 2. The molecule has 0 saturated heterocycles. The molecule has 0 amide bonds. The van der Waals surface area contributed by atoms with Crippen molar-refractivity contribution in [3.8, 4) is 0 Å². The Bertz CT molecular complexity index is 1450. The van der Waals surface area contributed by atoms with E-state index < -0.39 is 40.6 Å². The molecule has 0 spiro atoms. The molecule has 0 bridgehead atoms. The number of hydrogen-bond acceptors (Lipinski definition) is 7.